The number of hydrogen-bond donors (Lipinski definition) is 2. The Kier molecular flexibility index (Phi) is 5.07. The number of amides is 1. The van der Waals surface area contributed by atoms with Gasteiger partial charge in [0.2, 0.25) is 0 Å². The van der Waals surface area contributed by atoms with Gasteiger partial charge in [-0.25, -0.2) is 9.89 Å². The Labute approximate surface area is 143 Å². The number of H-pyrrole nitrogens is 1. The number of aromatic nitrogens is 2. The van der Waals surface area contributed by atoms with Gasteiger partial charge < -0.3 is 10.1 Å². The van der Waals surface area contributed by atoms with E-state index in [1.165, 1.54) is 0 Å². The number of carbonyl (C=O) groups excluding carboxylic acids is 1. The number of nitrogens with one attached hydrogen (secondary N) is 2. The van der Waals surface area contributed by atoms with Crippen molar-refractivity contribution in [1.29, 1.82) is 0 Å². The topological polar surface area (TPSA) is 84.1 Å². The minimum Gasteiger partial charge on any atom is -0.445 e. The lowest BCUT2D eigenvalue weighted by atomic mass is 10.1. The predicted molar refractivity (Wildman–Crippen MR) is 93.9 cm³/mol. The fourth-order valence-electron chi connectivity index (χ4n) is 2.21. The second kappa shape index (κ2) is 7.79. The average Bonchev–Trinajstić information content (AvgIpc) is 2.64. The van der Waals surface area contributed by atoms with E-state index in [2.05, 4.69) is 27.4 Å². The first kappa shape index (κ1) is 16.3. The molecule has 0 aliphatic carbocycles. The highest BCUT2D eigenvalue weighted by molar-refractivity contribution is 5.81. The maximum atomic E-state index is 11.6. The van der Waals surface area contributed by atoms with E-state index in [9.17, 15) is 9.59 Å². The van der Waals surface area contributed by atoms with Crippen LogP contribution in [0.1, 0.15) is 11.1 Å². The zero-order valence-corrected chi connectivity index (χ0v) is 13.3. The summed E-state index contributed by atoms with van der Waals surface area (Å²) in [4.78, 5) is 23.2. The molecule has 0 aliphatic heterocycles. The summed E-state index contributed by atoms with van der Waals surface area (Å²) in [5.74, 6) is 5.77. The van der Waals surface area contributed by atoms with Crippen molar-refractivity contribution in [3.8, 4) is 11.8 Å². The molecule has 0 saturated heterocycles. The SMILES string of the molecule is O=C(NCC#Cc1ccc2c(=O)[nH]ncc2c1)OCc1ccccc1. The smallest absolute Gasteiger partial charge is 0.408 e. The fraction of sp³-hybridized carbons (Fsp3) is 0.105. The van der Waals surface area contributed by atoms with Crippen molar-refractivity contribution in [2.24, 2.45) is 0 Å². The Bertz CT molecular complexity index is 1000. The van der Waals surface area contributed by atoms with Crippen LogP contribution in [-0.4, -0.2) is 22.8 Å². The van der Waals surface area contributed by atoms with Crippen LogP contribution in [-0.2, 0) is 11.3 Å². The molecule has 1 heterocycles. The van der Waals surface area contributed by atoms with Gasteiger partial charge in [-0.2, -0.15) is 5.10 Å². The average molecular weight is 333 g/mol. The van der Waals surface area contributed by atoms with Crippen LogP contribution in [0.25, 0.3) is 10.8 Å². The number of benzene rings is 2. The third-order valence-electron chi connectivity index (χ3n) is 3.43. The van der Waals surface area contributed by atoms with Crippen molar-refractivity contribution >= 4 is 16.9 Å². The van der Waals surface area contributed by atoms with Crippen molar-refractivity contribution in [2.45, 2.75) is 6.61 Å². The van der Waals surface area contributed by atoms with Gasteiger partial charge in [-0.15, -0.1) is 0 Å². The summed E-state index contributed by atoms with van der Waals surface area (Å²) in [7, 11) is 0. The molecule has 0 bridgehead atoms. The molecule has 25 heavy (non-hydrogen) atoms. The van der Waals surface area contributed by atoms with Crippen LogP contribution in [0, 0.1) is 11.8 Å². The van der Waals surface area contributed by atoms with E-state index in [0.29, 0.717) is 10.8 Å². The number of fused-ring (bicyclic) bond motifs is 1. The summed E-state index contributed by atoms with van der Waals surface area (Å²) in [6.45, 7) is 0.381. The second-order valence-corrected chi connectivity index (χ2v) is 5.22. The Balaban J connectivity index is 1.52. The number of nitrogens with zero attached hydrogens (tertiary/aromatic N) is 1. The molecule has 1 amide bonds. The third-order valence-corrected chi connectivity index (χ3v) is 3.43. The summed E-state index contributed by atoms with van der Waals surface area (Å²) < 4.78 is 5.09. The first-order valence-corrected chi connectivity index (χ1v) is 7.63. The number of hydrogen-bond acceptors (Lipinski definition) is 4. The van der Waals surface area contributed by atoms with E-state index in [4.69, 9.17) is 4.74 Å². The van der Waals surface area contributed by atoms with Gasteiger partial charge in [0, 0.05) is 10.9 Å². The summed E-state index contributed by atoms with van der Waals surface area (Å²) in [6.07, 6.45) is 1.05. The minimum absolute atomic E-state index is 0.166. The van der Waals surface area contributed by atoms with Crippen LogP contribution in [0.4, 0.5) is 4.79 Å². The molecule has 2 aromatic carbocycles. The van der Waals surface area contributed by atoms with Crippen molar-refractivity contribution < 1.29 is 9.53 Å². The Morgan fingerprint density at radius 2 is 2.04 bits per heavy atom. The molecule has 0 saturated carbocycles. The van der Waals surface area contributed by atoms with Gasteiger partial charge in [-0.1, -0.05) is 42.2 Å². The highest BCUT2D eigenvalue weighted by atomic mass is 16.5. The molecular weight excluding hydrogens is 318 g/mol. The lowest BCUT2D eigenvalue weighted by Crippen LogP contribution is -2.24. The number of alkyl carbamates (subject to hydrolysis) is 1. The third kappa shape index (κ3) is 4.45. The Morgan fingerprint density at radius 1 is 1.20 bits per heavy atom. The first-order valence-electron chi connectivity index (χ1n) is 7.63. The quantitative estimate of drug-likeness (QED) is 0.720. The normalized spacial score (nSPS) is 9.92. The van der Waals surface area contributed by atoms with Crippen LogP contribution < -0.4 is 10.9 Å². The van der Waals surface area contributed by atoms with E-state index in [1.807, 2.05) is 30.3 Å². The zero-order chi connectivity index (χ0) is 17.5. The Hall–Kier alpha value is -3.59. The maximum absolute atomic E-state index is 11.6. The van der Waals surface area contributed by atoms with Crippen LogP contribution in [0.15, 0.2) is 59.5 Å². The molecule has 1 aromatic heterocycles. The monoisotopic (exact) mass is 333 g/mol. The van der Waals surface area contributed by atoms with Gasteiger partial charge in [-0.3, -0.25) is 4.79 Å². The highest BCUT2D eigenvalue weighted by Crippen LogP contribution is 2.09. The van der Waals surface area contributed by atoms with E-state index in [1.54, 1.807) is 24.4 Å². The molecule has 0 fully saturated rings. The standard InChI is InChI=1S/C19H15N3O3/c23-18-17-9-8-14(11-16(17)12-21-22-18)7-4-10-20-19(24)25-13-15-5-2-1-3-6-15/h1-3,5-6,8-9,11-12H,10,13H2,(H,20,24)(H,22,23). The molecule has 6 nitrogen and oxygen atoms in total. The highest BCUT2D eigenvalue weighted by Gasteiger charge is 2.01. The Morgan fingerprint density at radius 3 is 2.88 bits per heavy atom. The zero-order valence-electron chi connectivity index (χ0n) is 13.3. The fourth-order valence-corrected chi connectivity index (χ4v) is 2.21. The summed E-state index contributed by atoms with van der Waals surface area (Å²) >= 11 is 0. The second-order valence-electron chi connectivity index (χ2n) is 5.22. The summed E-state index contributed by atoms with van der Waals surface area (Å²) in [6, 6.07) is 14.7. The van der Waals surface area contributed by atoms with Gasteiger partial charge in [0.15, 0.2) is 0 Å². The number of aromatic amines is 1. The minimum atomic E-state index is -0.521. The van der Waals surface area contributed by atoms with Crippen LogP contribution in [0.2, 0.25) is 0 Å². The molecule has 0 aliphatic rings. The molecule has 3 aromatic rings. The van der Waals surface area contributed by atoms with E-state index in [0.717, 1.165) is 11.1 Å². The van der Waals surface area contributed by atoms with Crippen LogP contribution in [0.5, 0.6) is 0 Å². The number of ether oxygens (including phenoxy) is 1. The van der Waals surface area contributed by atoms with Crippen LogP contribution in [0.3, 0.4) is 0 Å². The van der Waals surface area contributed by atoms with Crippen molar-refractivity contribution in [3.05, 3.63) is 76.2 Å². The molecule has 6 heteroatoms. The molecule has 0 atom stereocenters. The molecule has 0 unspecified atom stereocenters. The molecule has 124 valence electrons. The van der Waals surface area contributed by atoms with Gasteiger partial charge in [0.25, 0.3) is 5.56 Å². The predicted octanol–water partition coefficient (Wildman–Crippen LogP) is 2.20. The van der Waals surface area contributed by atoms with Gasteiger partial charge in [0.05, 0.1) is 18.1 Å². The maximum Gasteiger partial charge on any atom is 0.408 e. The molecule has 0 spiro atoms. The summed E-state index contributed by atoms with van der Waals surface area (Å²) in [5, 5.41) is 9.98. The largest absolute Gasteiger partial charge is 0.445 e. The van der Waals surface area contributed by atoms with Gasteiger partial charge >= 0.3 is 6.09 Å². The lowest BCUT2D eigenvalue weighted by molar-refractivity contribution is 0.141. The van der Waals surface area contributed by atoms with Gasteiger partial charge in [0.1, 0.15) is 6.61 Å². The van der Waals surface area contributed by atoms with Crippen molar-refractivity contribution in [3.63, 3.8) is 0 Å². The molecule has 3 rings (SSSR count). The molecule has 2 N–H and O–H groups in total. The van der Waals surface area contributed by atoms with Crippen LogP contribution >= 0.6 is 0 Å². The number of carbonyl (C=O) groups is 1. The van der Waals surface area contributed by atoms with E-state index >= 15 is 0 Å². The lowest BCUT2D eigenvalue weighted by Gasteiger charge is -2.04. The van der Waals surface area contributed by atoms with Crippen molar-refractivity contribution in [2.75, 3.05) is 6.54 Å². The van der Waals surface area contributed by atoms with Crippen molar-refractivity contribution in [1.82, 2.24) is 15.5 Å². The molecular formula is C19H15N3O3. The van der Waals surface area contributed by atoms with E-state index in [-0.39, 0.29) is 18.7 Å². The first-order chi connectivity index (χ1) is 12.2. The summed E-state index contributed by atoms with van der Waals surface area (Å²) in [5.41, 5.74) is 1.42. The molecule has 0 radical (unpaired) electrons. The van der Waals surface area contributed by atoms with E-state index < -0.39 is 6.09 Å². The number of rotatable bonds is 3. The van der Waals surface area contributed by atoms with Gasteiger partial charge in [-0.05, 0) is 23.8 Å².